The molecule has 0 aromatic heterocycles. The molecule has 2 aromatic rings. The van der Waals surface area contributed by atoms with E-state index in [2.05, 4.69) is 27.8 Å². The molecule has 0 N–H and O–H groups in total. The Morgan fingerprint density at radius 2 is 1.82 bits per heavy atom. The molecular weight excluding hydrogens is 506 g/mol. The number of benzene rings is 2. The minimum absolute atomic E-state index is 0.0622. The van der Waals surface area contributed by atoms with Gasteiger partial charge in [0.25, 0.3) is 0 Å². The van der Waals surface area contributed by atoms with Crippen LogP contribution in [-0.2, 0) is 25.9 Å². The number of sulfone groups is 1. The van der Waals surface area contributed by atoms with Crippen LogP contribution in [0.15, 0.2) is 57.9 Å². The summed E-state index contributed by atoms with van der Waals surface area (Å²) in [4.78, 5) is 13.4. The number of esters is 1. The maximum Gasteiger partial charge on any atom is 0.342 e. The summed E-state index contributed by atoms with van der Waals surface area (Å²) < 4.78 is 39.9. The lowest BCUT2D eigenvalue weighted by molar-refractivity contribution is -0.154. The van der Waals surface area contributed by atoms with E-state index in [9.17, 15) is 13.2 Å². The predicted molar refractivity (Wildman–Crippen MR) is 130 cm³/mol. The number of likely N-dealkylation sites (tertiary alicyclic amines) is 1. The van der Waals surface area contributed by atoms with E-state index in [0.29, 0.717) is 25.3 Å². The zero-order valence-electron chi connectivity index (χ0n) is 18.8. The third-order valence-corrected chi connectivity index (χ3v) is 8.59. The maximum absolute atomic E-state index is 14.0. The molecule has 33 heavy (non-hydrogen) atoms. The van der Waals surface area contributed by atoms with Crippen LogP contribution in [-0.4, -0.2) is 43.9 Å². The molecule has 0 amide bonds. The Kier molecular flexibility index (Phi) is 8.57. The van der Waals surface area contributed by atoms with Crippen molar-refractivity contribution in [2.24, 2.45) is 0 Å². The van der Waals surface area contributed by atoms with Crippen LogP contribution < -0.4 is 4.74 Å². The molecule has 0 spiro atoms. The van der Waals surface area contributed by atoms with Crippen LogP contribution in [0.2, 0.25) is 0 Å². The van der Waals surface area contributed by atoms with Gasteiger partial charge in [-0.25, -0.2) is 13.2 Å². The summed E-state index contributed by atoms with van der Waals surface area (Å²) in [5.74, 6) is 5.33. The SMILES string of the molecule is CC#CCOc1ccc(S(=O)(=O)C2(C(=O)OCC)CCCCN2Cc2ccc(Br)cc2)cc1. The molecule has 0 aliphatic carbocycles. The van der Waals surface area contributed by atoms with Gasteiger partial charge in [-0.2, -0.15) is 0 Å². The normalized spacial score (nSPS) is 18.8. The van der Waals surface area contributed by atoms with Crippen LogP contribution in [0.1, 0.15) is 38.7 Å². The van der Waals surface area contributed by atoms with E-state index in [0.717, 1.165) is 16.5 Å². The Morgan fingerprint density at radius 1 is 1.12 bits per heavy atom. The van der Waals surface area contributed by atoms with Crippen molar-refractivity contribution in [1.29, 1.82) is 0 Å². The molecule has 0 radical (unpaired) electrons. The number of carbonyl (C=O) groups is 1. The summed E-state index contributed by atoms with van der Waals surface area (Å²) in [5, 5.41) is 0. The van der Waals surface area contributed by atoms with Gasteiger partial charge in [0.1, 0.15) is 12.4 Å². The summed E-state index contributed by atoms with van der Waals surface area (Å²) in [7, 11) is -4.11. The first-order valence-electron chi connectivity index (χ1n) is 10.9. The lowest BCUT2D eigenvalue weighted by Gasteiger charge is -2.44. The van der Waals surface area contributed by atoms with Gasteiger partial charge in [-0.15, -0.1) is 5.92 Å². The van der Waals surface area contributed by atoms with Gasteiger partial charge >= 0.3 is 5.97 Å². The highest BCUT2D eigenvalue weighted by molar-refractivity contribution is 9.10. The van der Waals surface area contributed by atoms with Gasteiger partial charge in [0.15, 0.2) is 0 Å². The molecule has 2 aromatic carbocycles. The number of piperidine rings is 1. The molecular formula is C25H28BrNO5S. The fourth-order valence-corrected chi connectivity index (χ4v) is 6.35. The smallest absolute Gasteiger partial charge is 0.342 e. The molecule has 1 unspecified atom stereocenters. The topological polar surface area (TPSA) is 72.9 Å². The van der Waals surface area contributed by atoms with Gasteiger partial charge in [0, 0.05) is 17.6 Å². The molecule has 1 heterocycles. The van der Waals surface area contributed by atoms with E-state index in [1.165, 1.54) is 12.1 Å². The Labute approximate surface area is 204 Å². The van der Waals surface area contributed by atoms with Gasteiger partial charge in [-0.05, 0) is 75.1 Å². The third-order valence-electron chi connectivity index (χ3n) is 5.65. The van der Waals surface area contributed by atoms with Gasteiger partial charge < -0.3 is 9.47 Å². The molecule has 8 heteroatoms. The fraction of sp³-hybridized carbons (Fsp3) is 0.400. The lowest BCUT2D eigenvalue weighted by Crippen LogP contribution is -2.62. The average Bonchev–Trinajstić information content (AvgIpc) is 2.81. The largest absolute Gasteiger partial charge is 0.481 e. The summed E-state index contributed by atoms with van der Waals surface area (Å²) in [6.45, 7) is 4.53. The molecule has 1 saturated heterocycles. The minimum Gasteiger partial charge on any atom is -0.481 e. The van der Waals surface area contributed by atoms with E-state index < -0.39 is 20.7 Å². The van der Waals surface area contributed by atoms with Crippen molar-refractivity contribution < 1.29 is 22.7 Å². The molecule has 6 nitrogen and oxygen atoms in total. The van der Waals surface area contributed by atoms with Crippen molar-refractivity contribution in [2.75, 3.05) is 19.8 Å². The summed E-state index contributed by atoms with van der Waals surface area (Å²) in [5.41, 5.74) is 0.921. The molecule has 1 atom stereocenters. The summed E-state index contributed by atoms with van der Waals surface area (Å²) in [6, 6.07) is 13.8. The molecule has 1 aliphatic heterocycles. The first kappa shape index (κ1) is 25.3. The van der Waals surface area contributed by atoms with Crippen LogP contribution >= 0.6 is 15.9 Å². The molecule has 3 rings (SSSR count). The molecule has 0 bridgehead atoms. The monoisotopic (exact) mass is 533 g/mol. The van der Waals surface area contributed by atoms with Crippen LogP contribution in [0, 0.1) is 11.8 Å². The van der Waals surface area contributed by atoms with Crippen molar-refractivity contribution in [2.45, 2.75) is 49.4 Å². The molecule has 1 aliphatic rings. The van der Waals surface area contributed by atoms with Crippen molar-refractivity contribution >= 4 is 31.7 Å². The van der Waals surface area contributed by atoms with E-state index in [-0.39, 0.29) is 24.5 Å². The number of carbonyl (C=O) groups excluding carboxylic acids is 1. The zero-order chi connectivity index (χ0) is 23.9. The molecule has 1 fully saturated rings. The molecule has 0 saturated carbocycles. The average molecular weight is 534 g/mol. The Balaban J connectivity index is 2.01. The highest BCUT2D eigenvalue weighted by Gasteiger charge is 2.57. The second kappa shape index (κ2) is 11.2. The number of hydrogen-bond donors (Lipinski definition) is 0. The summed E-state index contributed by atoms with van der Waals surface area (Å²) >= 11 is 3.42. The number of hydrogen-bond acceptors (Lipinski definition) is 6. The lowest BCUT2D eigenvalue weighted by atomic mass is 10.00. The number of rotatable bonds is 8. The van der Waals surface area contributed by atoms with Crippen LogP contribution in [0.5, 0.6) is 5.75 Å². The predicted octanol–water partition coefficient (Wildman–Crippen LogP) is 4.57. The van der Waals surface area contributed by atoms with E-state index in [1.54, 1.807) is 30.9 Å². The van der Waals surface area contributed by atoms with Crippen LogP contribution in [0.25, 0.3) is 0 Å². The number of halogens is 1. The Hall–Kier alpha value is -2.34. The van der Waals surface area contributed by atoms with Crippen molar-refractivity contribution in [3.8, 4) is 17.6 Å². The first-order valence-corrected chi connectivity index (χ1v) is 13.2. The highest BCUT2D eigenvalue weighted by atomic mass is 79.9. The van der Waals surface area contributed by atoms with Crippen LogP contribution in [0.3, 0.4) is 0 Å². The second-order valence-corrected chi connectivity index (χ2v) is 10.8. The second-order valence-electron chi connectivity index (χ2n) is 7.70. The standard InChI is InChI=1S/C25H28BrNO5S/c1-3-5-18-32-22-12-14-23(15-13-22)33(29,30)25(24(28)31-4-2)16-6-7-17-27(25)19-20-8-10-21(26)11-9-20/h8-15H,4,6-7,16-19H2,1-2H3. The van der Waals surface area contributed by atoms with E-state index in [4.69, 9.17) is 9.47 Å². The third kappa shape index (κ3) is 5.43. The minimum atomic E-state index is -4.11. The van der Waals surface area contributed by atoms with Crippen molar-refractivity contribution in [3.05, 3.63) is 58.6 Å². The summed E-state index contributed by atoms with van der Waals surface area (Å²) in [6.07, 6.45) is 1.60. The number of ether oxygens (including phenoxy) is 2. The number of nitrogens with zero attached hydrogens (tertiary/aromatic N) is 1. The van der Waals surface area contributed by atoms with Gasteiger partial charge in [-0.3, -0.25) is 4.90 Å². The van der Waals surface area contributed by atoms with Crippen molar-refractivity contribution in [3.63, 3.8) is 0 Å². The van der Waals surface area contributed by atoms with Crippen LogP contribution in [0.4, 0.5) is 0 Å². The maximum atomic E-state index is 14.0. The quantitative estimate of drug-likeness (QED) is 0.365. The first-order chi connectivity index (χ1) is 15.8. The Bertz CT molecular complexity index is 1120. The van der Waals surface area contributed by atoms with Gasteiger partial charge in [0.05, 0.1) is 11.5 Å². The Morgan fingerprint density at radius 3 is 2.45 bits per heavy atom. The fourth-order valence-electron chi connectivity index (χ4n) is 4.01. The molecule has 176 valence electrons. The van der Waals surface area contributed by atoms with Crippen molar-refractivity contribution in [1.82, 2.24) is 4.90 Å². The van der Waals surface area contributed by atoms with E-state index in [1.807, 2.05) is 24.3 Å². The van der Waals surface area contributed by atoms with E-state index >= 15 is 0 Å². The van der Waals surface area contributed by atoms with Gasteiger partial charge in [0.2, 0.25) is 14.7 Å². The highest BCUT2D eigenvalue weighted by Crippen LogP contribution is 2.40. The zero-order valence-corrected chi connectivity index (χ0v) is 21.2. The van der Waals surface area contributed by atoms with Gasteiger partial charge in [-0.1, -0.05) is 34.0 Å².